The summed E-state index contributed by atoms with van der Waals surface area (Å²) in [5.41, 5.74) is 0.852. The van der Waals surface area contributed by atoms with Gasteiger partial charge in [-0.3, -0.25) is 4.79 Å². The van der Waals surface area contributed by atoms with Crippen LogP contribution in [0.3, 0.4) is 0 Å². The smallest absolute Gasteiger partial charge is 0.412 e. The van der Waals surface area contributed by atoms with Crippen LogP contribution < -0.4 is 10.1 Å². The second kappa shape index (κ2) is 10.6. The molecule has 0 saturated carbocycles. The number of amides is 1. The van der Waals surface area contributed by atoms with E-state index in [9.17, 15) is 9.59 Å². The van der Waals surface area contributed by atoms with Crippen molar-refractivity contribution in [1.29, 1.82) is 0 Å². The predicted octanol–water partition coefficient (Wildman–Crippen LogP) is 3.13. The molecule has 0 aromatic heterocycles. The summed E-state index contributed by atoms with van der Waals surface area (Å²) in [5, 5.41) is 4.46. The van der Waals surface area contributed by atoms with Crippen molar-refractivity contribution in [2.45, 2.75) is 20.0 Å². The molecule has 1 amide bonds. The van der Waals surface area contributed by atoms with E-state index in [0.717, 1.165) is 22.9 Å². The highest BCUT2D eigenvalue weighted by molar-refractivity contribution is 5.85. The summed E-state index contributed by atoms with van der Waals surface area (Å²) in [4.78, 5) is 25.1. The van der Waals surface area contributed by atoms with Gasteiger partial charge in [-0.2, -0.15) is 0 Å². The average molecular weight is 388 g/mol. The third-order valence-corrected chi connectivity index (χ3v) is 4.00. The van der Waals surface area contributed by atoms with E-state index in [2.05, 4.69) is 5.32 Å². The Morgan fingerprint density at radius 1 is 1.11 bits per heavy atom. The van der Waals surface area contributed by atoms with Crippen molar-refractivity contribution in [2.75, 3.05) is 40.4 Å². The second-order valence-electron chi connectivity index (χ2n) is 6.66. The summed E-state index contributed by atoms with van der Waals surface area (Å²) in [5.74, 6) is 0.113. The van der Waals surface area contributed by atoms with Crippen molar-refractivity contribution >= 4 is 22.8 Å². The Hall–Kier alpha value is -2.64. The maximum Gasteiger partial charge on any atom is 0.412 e. The molecule has 2 aromatic carbocycles. The third-order valence-electron chi connectivity index (χ3n) is 4.00. The van der Waals surface area contributed by atoms with Crippen molar-refractivity contribution in [3.8, 4) is 5.75 Å². The molecule has 1 N–H and O–H groups in total. The van der Waals surface area contributed by atoms with Gasteiger partial charge in [0.15, 0.2) is 6.10 Å². The lowest BCUT2D eigenvalue weighted by Gasteiger charge is -2.19. The normalized spacial score (nSPS) is 12.0. The lowest BCUT2D eigenvalue weighted by atomic mass is 10.0. The van der Waals surface area contributed by atoms with Crippen molar-refractivity contribution in [3.63, 3.8) is 0 Å². The molecule has 7 nitrogen and oxygen atoms in total. The number of nitrogens with zero attached hydrogens (tertiary/aromatic N) is 1. The highest BCUT2D eigenvalue weighted by Crippen LogP contribution is 2.26. The molecule has 0 saturated heterocycles. The molecule has 1 atom stereocenters. The highest BCUT2D eigenvalue weighted by Gasteiger charge is 2.16. The van der Waals surface area contributed by atoms with Crippen LogP contribution in [0, 0.1) is 0 Å². The second-order valence-corrected chi connectivity index (χ2v) is 6.66. The van der Waals surface area contributed by atoms with E-state index in [4.69, 9.17) is 14.2 Å². The minimum absolute atomic E-state index is 0.289. The van der Waals surface area contributed by atoms with Crippen LogP contribution in [0.2, 0.25) is 0 Å². The fourth-order valence-corrected chi connectivity index (χ4v) is 2.63. The number of benzene rings is 2. The number of fused-ring (bicyclic) bond motifs is 1. The summed E-state index contributed by atoms with van der Waals surface area (Å²) in [6.07, 6.45) is -0.960. The number of rotatable bonds is 9. The van der Waals surface area contributed by atoms with Crippen LogP contribution in [0.15, 0.2) is 36.4 Å². The monoisotopic (exact) mass is 388 g/mol. The van der Waals surface area contributed by atoms with E-state index in [1.165, 1.54) is 6.92 Å². The quantitative estimate of drug-likeness (QED) is 0.525. The topological polar surface area (TPSA) is 77.1 Å². The van der Waals surface area contributed by atoms with Gasteiger partial charge in [0.25, 0.3) is 0 Å². The van der Waals surface area contributed by atoms with Gasteiger partial charge in [-0.15, -0.1) is 0 Å². The van der Waals surface area contributed by atoms with Crippen LogP contribution in [0.25, 0.3) is 10.8 Å². The first kappa shape index (κ1) is 21.7. The number of nitrogens with one attached hydrogen (secondary N) is 1. The molecule has 7 heteroatoms. The maximum atomic E-state index is 11.6. The van der Waals surface area contributed by atoms with E-state index in [0.29, 0.717) is 18.9 Å². The Labute approximate surface area is 165 Å². The summed E-state index contributed by atoms with van der Waals surface area (Å²) in [6.45, 7) is 5.35. The molecule has 2 aromatic rings. The zero-order chi connectivity index (χ0) is 20.5. The highest BCUT2D eigenvalue weighted by atomic mass is 16.6. The summed E-state index contributed by atoms with van der Waals surface area (Å²) >= 11 is 0. The van der Waals surface area contributed by atoms with Crippen LogP contribution in [0.4, 0.5) is 4.79 Å². The van der Waals surface area contributed by atoms with Gasteiger partial charge in [0, 0.05) is 20.0 Å². The van der Waals surface area contributed by atoms with E-state index in [1.807, 2.05) is 50.2 Å². The molecule has 2 rings (SSSR count). The Morgan fingerprint density at radius 3 is 2.50 bits per heavy atom. The maximum absolute atomic E-state index is 11.6. The first-order valence-corrected chi connectivity index (χ1v) is 9.28. The number of ether oxygens (including phenoxy) is 3. The van der Waals surface area contributed by atoms with E-state index >= 15 is 0 Å². The van der Waals surface area contributed by atoms with Crippen LogP contribution in [0.1, 0.15) is 25.5 Å². The molecule has 0 aliphatic carbocycles. The lowest BCUT2D eigenvalue weighted by Crippen LogP contribution is -2.26. The number of likely N-dealkylation sites (N-methyl/N-ethyl adjacent to an activating group) is 1. The van der Waals surface area contributed by atoms with Gasteiger partial charge in [-0.1, -0.05) is 18.2 Å². The van der Waals surface area contributed by atoms with Crippen molar-refractivity contribution in [2.24, 2.45) is 0 Å². The molecule has 0 heterocycles. The molecule has 0 bridgehead atoms. The number of esters is 1. The number of hydrogen-bond acceptors (Lipinski definition) is 6. The van der Waals surface area contributed by atoms with Crippen LogP contribution in [-0.2, 0) is 14.3 Å². The predicted molar refractivity (Wildman–Crippen MR) is 108 cm³/mol. The number of carbonyl (C=O) groups is 2. The minimum atomic E-state index is -0.483. The zero-order valence-electron chi connectivity index (χ0n) is 16.9. The fraction of sp³-hybridized carbons (Fsp3) is 0.429. The molecular formula is C21H28N2O5. The first-order valence-electron chi connectivity index (χ1n) is 9.28. The van der Waals surface area contributed by atoms with E-state index < -0.39 is 12.2 Å². The van der Waals surface area contributed by atoms with Gasteiger partial charge in [-0.25, -0.2) is 4.79 Å². The van der Waals surface area contributed by atoms with Crippen LogP contribution >= 0.6 is 0 Å². The van der Waals surface area contributed by atoms with Gasteiger partial charge in [0.05, 0.1) is 13.2 Å². The molecule has 0 spiro atoms. The van der Waals surface area contributed by atoms with E-state index in [1.54, 1.807) is 12.1 Å². The van der Waals surface area contributed by atoms with Gasteiger partial charge in [0.2, 0.25) is 0 Å². The molecule has 1 unspecified atom stereocenters. The van der Waals surface area contributed by atoms with Gasteiger partial charge < -0.3 is 24.4 Å². The van der Waals surface area contributed by atoms with Crippen molar-refractivity contribution in [1.82, 2.24) is 10.2 Å². The first-order chi connectivity index (χ1) is 13.4. The van der Waals surface area contributed by atoms with E-state index in [-0.39, 0.29) is 12.6 Å². The minimum Gasteiger partial charge on any atom is -0.455 e. The Kier molecular flexibility index (Phi) is 8.22. The molecule has 0 aliphatic heterocycles. The van der Waals surface area contributed by atoms with Crippen LogP contribution in [0.5, 0.6) is 5.75 Å². The third kappa shape index (κ3) is 6.83. The summed E-state index contributed by atoms with van der Waals surface area (Å²) < 4.78 is 16.4. The molecule has 0 radical (unpaired) electrons. The molecule has 0 fully saturated rings. The summed E-state index contributed by atoms with van der Waals surface area (Å²) in [7, 11) is 3.94. The van der Waals surface area contributed by atoms with Crippen LogP contribution in [-0.4, -0.2) is 57.4 Å². The SMILES string of the molecule is CCNC(=O)Oc1ccc2cc(C(COCCN(C)C)OC(C)=O)ccc2c1. The van der Waals surface area contributed by atoms with Gasteiger partial charge >= 0.3 is 12.1 Å². The lowest BCUT2D eigenvalue weighted by molar-refractivity contribution is -0.150. The largest absolute Gasteiger partial charge is 0.455 e. The average Bonchev–Trinajstić information content (AvgIpc) is 2.63. The number of carbonyl (C=O) groups excluding carboxylic acids is 2. The van der Waals surface area contributed by atoms with Crippen molar-refractivity contribution in [3.05, 3.63) is 42.0 Å². The fourth-order valence-electron chi connectivity index (χ4n) is 2.63. The Bertz CT molecular complexity index is 806. The van der Waals surface area contributed by atoms with Gasteiger partial charge in [0.1, 0.15) is 5.75 Å². The molecule has 28 heavy (non-hydrogen) atoms. The van der Waals surface area contributed by atoms with Gasteiger partial charge in [-0.05, 0) is 55.6 Å². The molecule has 0 aliphatic rings. The number of hydrogen-bond donors (Lipinski definition) is 1. The summed E-state index contributed by atoms with van der Waals surface area (Å²) in [6, 6.07) is 11.1. The Balaban J connectivity index is 2.14. The molecule has 152 valence electrons. The van der Waals surface area contributed by atoms with Crippen molar-refractivity contribution < 1.29 is 23.8 Å². The molecular weight excluding hydrogens is 360 g/mol. The standard InChI is InChI=1S/C21H28N2O5/c1-5-22-21(25)28-19-9-8-16-12-18(7-6-17(16)13-19)20(27-15(2)24)14-26-11-10-23(3)4/h6-9,12-13,20H,5,10-11,14H2,1-4H3,(H,22,25). The zero-order valence-corrected chi connectivity index (χ0v) is 16.9. The Morgan fingerprint density at radius 2 is 1.82 bits per heavy atom.